The second-order valence-electron chi connectivity index (χ2n) is 8.10. The maximum absolute atomic E-state index is 13.0. The molecule has 24 heavy (non-hydrogen) atoms. The second kappa shape index (κ2) is 5.12. The van der Waals surface area contributed by atoms with Gasteiger partial charge in [0.25, 0.3) is 0 Å². The third-order valence-corrected chi connectivity index (χ3v) is 9.53. The lowest BCUT2D eigenvalue weighted by atomic mass is 9.69. The van der Waals surface area contributed by atoms with Crippen molar-refractivity contribution in [2.24, 2.45) is 16.7 Å². The Kier molecular flexibility index (Phi) is 3.56. The summed E-state index contributed by atoms with van der Waals surface area (Å²) in [7, 11) is -1.69. The van der Waals surface area contributed by atoms with Crippen LogP contribution in [0.3, 0.4) is 0 Å². The molecule has 132 valence electrons. The lowest BCUT2D eigenvalue weighted by molar-refractivity contribution is 0.112. The second-order valence-corrected chi connectivity index (χ2v) is 10.4. The highest BCUT2D eigenvalue weighted by atomic mass is 35.5. The largest absolute Gasteiger partial charge is 0.495 e. The van der Waals surface area contributed by atoms with Crippen molar-refractivity contribution in [1.29, 1.82) is 0 Å². The highest BCUT2D eigenvalue weighted by Gasteiger charge is 2.71. The first-order valence-electron chi connectivity index (χ1n) is 8.54. The van der Waals surface area contributed by atoms with Gasteiger partial charge < -0.3 is 4.74 Å². The molecule has 1 aromatic carbocycles. The van der Waals surface area contributed by atoms with Crippen LogP contribution in [0.4, 0.5) is 0 Å². The molecule has 2 bridgehead atoms. The van der Waals surface area contributed by atoms with Gasteiger partial charge in [0, 0.05) is 18.0 Å². The number of hydrogen-bond donors (Lipinski definition) is 0. The van der Waals surface area contributed by atoms with Crippen LogP contribution in [-0.2, 0) is 16.6 Å². The van der Waals surface area contributed by atoms with Crippen molar-refractivity contribution in [1.82, 2.24) is 4.31 Å². The fourth-order valence-electron chi connectivity index (χ4n) is 5.59. The molecule has 2 aliphatic carbocycles. The minimum absolute atomic E-state index is 0.0949. The number of nitrogens with zero attached hydrogens (tertiary/aromatic N) is 1. The summed E-state index contributed by atoms with van der Waals surface area (Å²) in [6.07, 6.45) is 3.16. The first-order valence-corrected chi connectivity index (χ1v) is 10.5. The number of rotatable bonds is 3. The summed E-state index contributed by atoms with van der Waals surface area (Å²) in [5.74, 6) is 1.51. The van der Waals surface area contributed by atoms with E-state index in [1.165, 1.54) is 0 Å². The Morgan fingerprint density at radius 1 is 1.38 bits per heavy atom. The van der Waals surface area contributed by atoms with Crippen LogP contribution >= 0.6 is 11.6 Å². The van der Waals surface area contributed by atoms with Crippen molar-refractivity contribution in [2.45, 2.75) is 45.7 Å². The van der Waals surface area contributed by atoms with E-state index in [-0.39, 0.29) is 22.6 Å². The minimum Gasteiger partial charge on any atom is -0.495 e. The zero-order chi connectivity index (χ0) is 17.3. The normalized spacial score (nSPS) is 36.0. The molecule has 1 saturated heterocycles. The molecular formula is C18H24ClNO3S. The molecule has 1 spiro atoms. The van der Waals surface area contributed by atoms with Crippen LogP contribution in [0.25, 0.3) is 0 Å². The number of fused-ring (bicyclic) bond motifs is 1. The van der Waals surface area contributed by atoms with Gasteiger partial charge in [-0.15, -0.1) is 0 Å². The van der Waals surface area contributed by atoms with Crippen molar-refractivity contribution < 1.29 is 13.2 Å². The van der Waals surface area contributed by atoms with E-state index in [0.717, 1.165) is 24.8 Å². The third kappa shape index (κ3) is 1.98. The number of benzene rings is 1. The predicted molar refractivity (Wildman–Crippen MR) is 94.7 cm³/mol. The lowest BCUT2D eigenvalue weighted by Crippen LogP contribution is -2.41. The Bertz CT molecular complexity index is 791. The number of sulfonamides is 1. The first-order chi connectivity index (χ1) is 11.2. The highest BCUT2D eigenvalue weighted by molar-refractivity contribution is 7.89. The molecule has 4 rings (SSSR count). The minimum atomic E-state index is -3.26. The van der Waals surface area contributed by atoms with E-state index in [2.05, 4.69) is 13.8 Å². The van der Waals surface area contributed by atoms with Crippen LogP contribution < -0.4 is 4.74 Å². The third-order valence-electron chi connectivity index (χ3n) is 7.12. The fourth-order valence-corrected chi connectivity index (χ4v) is 8.39. The molecule has 3 atom stereocenters. The number of halogens is 1. The van der Waals surface area contributed by atoms with E-state index in [0.29, 0.717) is 23.2 Å². The van der Waals surface area contributed by atoms with Gasteiger partial charge in [-0.2, -0.15) is 4.31 Å². The fraction of sp³-hybridized carbons (Fsp3) is 0.667. The Morgan fingerprint density at radius 2 is 2.12 bits per heavy atom. The average Bonchev–Trinajstić information content (AvgIpc) is 2.98. The first kappa shape index (κ1) is 16.7. The van der Waals surface area contributed by atoms with Gasteiger partial charge in [-0.1, -0.05) is 37.6 Å². The molecule has 3 aliphatic rings. The van der Waals surface area contributed by atoms with Gasteiger partial charge in [-0.05, 0) is 42.2 Å². The summed E-state index contributed by atoms with van der Waals surface area (Å²) in [5, 5.41) is 0.513. The average molecular weight is 370 g/mol. The SMILES string of the molecule is COc1cccc(CN2[C@H]3C[C@H]4CCC3(CS2(=O)=O)C4(C)C)c1Cl. The van der Waals surface area contributed by atoms with Crippen LogP contribution in [0.1, 0.15) is 38.7 Å². The Morgan fingerprint density at radius 3 is 2.79 bits per heavy atom. The van der Waals surface area contributed by atoms with Crippen LogP contribution in [0, 0.1) is 16.7 Å². The summed E-state index contributed by atoms with van der Waals surface area (Å²) in [5.41, 5.74) is 0.816. The van der Waals surface area contributed by atoms with E-state index in [1.807, 2.05) is 12.1 Å². The smallest absolute Gasteiger partial charge is 0.215 e. The molecular weight excluding hydrogens is 346 g/mol. The van der Waals surface area contributed by atoms with Crippen LogP contribution in [0.2, 0.25) is 5.02 Å². The predicted octanol–water partition coefficient (Wildman–Crippen LogP) is 3.69. The Labute approximate surface area is 149 Å². The molecule has 0 radical (unpaired) electrons. The van der Waals surface area contributed by atoms with Crippen LogP contribution in [0.15, 0.2) is 18.2 Å². The summed E-state index contributed by atoms with van der Waals surface area (Å²) in [4.78, 5) is 0. The summed E-state index contributed by atoms with van der Waals surface area (Å²) < 4.78 is 32.9. The zero-order valence-corrected chi connectivity index (χ0v) is 16.0. The number of methoxy groups -OCH3 is 1. The van der Waals surface area contributed by atoms with E-state index >= 15 is 0 Å². The zero-order valence-electron chi connectivity index (χ0n) is 14.4. The molecule has 0 N–H and O–H groups in total. The summed E-state index contributed by atoms with van der Waals surface area (Å²) in [6, 6.07) is 5.66. The maximum Gasteiger partial charge on any atom is 0.215 e. The Balaban J connectivity index is 1.72. The maximum atomic E-state index is 13.0. The van der Waals surface area contributed by atoms with Gasteiger partial charge in [0.15, 0.2) is 0 Å². The molecule has 1 unspecified atom stereocenters. The van der Waals surface area contributed by atoms with Gasteiger partial charge in [-0.3, -0.25) is 0 Å². The molecule has 3 fully saturated rings. The monoisotopic (exact) mass is 369 g/mol. The lowest BCUT2D eigenvalue weighted by Gasteiger charge is -2.37. The standard InChI is InChI=1S/C18H24ClNO3S/c1-17(2)13-7-8-18(17)11-24(21,22)20(15(18)9-13)10-12-5-4-6-14(23-3)16(12)19/h4-6,13,15H,7-11H2,1-3H3/t13-,15+,18?/m1/s1. The topological polar surface area (TPSA) is 46.6 Å². The summed E-state index contributed by atoms with van der Waals surface area (Å²) in [6.45, 7) is 4.87. The van der Waals surface area contributed by atoms with Crippen molar-refractivity contribution in [3.05, 3.63) is 28.8 Å². The van der Waals surface area contributed by atoms with Crippen molar-refractivity contribution in [2.75, 3.05) is 12.9 Å². The molecule has 1 aliphatic heterocycles. The van der Waals surface area contributed by atoms with E-state index < -0.39 is 10.0 Å². The van der Waals surface area contributed by atoms with Crippen molar-refractivity contribution in [3.8, 4) is 5.75 Å². The Hall–Kier alpha value is -0.780. The molecule has 1 aromatic rings. The summed E-state index contributed by atoms with van der Waals surface area (Å²) >= 11 is 6.41. The molecule has 4 nitrogen and oxygen atoms in total. The van der Waals surface area contributed by atoms with E-state index in [9.17, 15) is 8.42 Å². The molecule has 2 saturated carbocycles. The van der Waals surface area contributed by atoms with E-state index in [1.54, 1.807) is 17.5 Å². The number of hydrogen-bond acceptors (Lipinski definition) is 3. The molecule has 6 heteroatoms. The molecule has 0 aromatic heterocycles. The van der Waals surface area contributed by atoms with Crippen molar-refractivity contribution >= 4 is 21.6 Å². The van der Waals surface area contributed by atoms with Gasteiger partial charge in [0.05, 0.1) is 17.9 Å². The highest BCUT2D eigenvalue weighted by Crippen LogP contribution is 2.70. The molecule has 0 amide bonds. The van der Waals surface area contributed by atoms with Gasteiger partial charge in [0.1, 0.15) is 5.75 Å². The van der Waals surface area contributed by atoms with Crippen LogP contribution in [0.5, 0.6) is 5.75 Å². The van der Waals surface area contributed by atoms with Gasteiger partial charge in [-0.25, -0.2) is 8.42 Å². The number of ether oxygens (including phenoxy) is 1. The quantitative estimate of drug-likeness (QED) is 0.816. The van der Waals surface area contributed by atoms with E-state index in [4.69, 9.17) is 16.3 Å². The van der Waals surface area contributed by atoms with Crippen LogP contribution in [-0.4, -0.2) is 31.6 Å². The molecule has 1 heterocycles. The van der Waals surface area contributed by atoms with Crippen molar-refractivity contribution in [3.63, 3.8) is 0 Å². The van der Waals surface area contributed by atoms with Gasteiger partial charge >= 0.3 is 0 Å². The van der Waals surface area contributed by atoms with Gasteiger partial charge in [0.2, 0.25) is 10.0 Å².